The zero-order valence-corrected chi connectivity index (χ0v) is 9.50. The molecule has 1 saturated carbocycles. The van der Waals surface area contributed by atoms with Crippen LogP contribution in [0.2, 0.25) is 0 Å². The van der Waals surface area contributed by atoms with Crippen molar-refractivity contribution in [2.75, 3.05) is 0 Å². The molecule has 0 heterocycles. The Morgan fingerprint density at radius 3 is 2.64 bits per heavy atom. The van der Waals surface area contributed by atoms with Gasteiger partial charge in [0, 0.05) is 5.92 Å². The van der Waals surface area contributed by atoms with E-state index in [2.05, 4.69) is 19.0 Å². The van der Waals surface area contributed by atoms with E-state index in [1.165, 1.54) is 38.5 Å². The van der Waals surface area contributed by atoms with E-state index >= 15 is 0 Å². The number of hydrogen-bond donors (Lipinski definition) is 1. The predicted molar refractivity (Wildman–Crippen MR) is 59.9 cm³/mol. The molecule has 14 heavy (non-hydrogen) atoms. The molecule has 0 spiro atoms. The average molecular weight is 197 g/mol. The van der Waals surface area contributed by atoms with E-state index in [0.29, 0.717) is 5.92 Å². The lowest BCUT2D eigenvalue weighted by Crippen LogP contribution is -2.22. The molecule has 1 aliphatic carbocycles. The molecule has 1 atom stereocenters. The van der Waals surface area contributed by atoms with Crippen LogP contribution in [0.3, 0.4) is 0 Å². The monoisotopic (exact) mass is 197 g/mol. The Balaban J connectivity index is 2.47. The average Bonchev–Trinajstić information content (AvgIpc) is 2.26. The van der Waals surface area contributed by atoms with Gasteiger partial charge in [-0.2, -0.15) is 0 Å². The molecule has 1 aliphatic rings. The molecule has 0 aromatic heterocycles. The quantitative estimate of drug-likeness (QED) is 0.539. The third-order valence-electron chi connectivity index (χ3n) is 3.61. The summed E-state index contributed by atoms with van der Waals surface area (Å²) in [7, 11) is 0. The molecular weight excluding hydrogens is 174 g/mol. The largest absolute Gasteiger partial charge is 0.411 e. The molecule has 1 N–H and O–H groups in total. The zero-order valence-electron chi connectivity index (χ0n) is 9.50. The third-order valence-corrected chi connectivity index (χ3v) is 3.61. The highest BCUT2D eigenvalue weighted by atomic mass is 16.4. The fourth-order valence-electron chi connectivity index (χ4n) is 2.48. The fraction of sp³-hybridized carbons (Fsp3) is 0.917. The van der Waals surface area contributed by atoms with E-state index in [-0.39, 0.29) is 0 Å². The second kappa shape index (κ2) is 6.05. The fourth-order valence-corrected chi connectivity index (χ4v) is 2.48. The Bertz CT molecular complexity index is 185. The van der Waals surface area contributed by atoms with Gasteiger partial charge in [0.15, 0.2) is 0 Å². The molecule has 0 aromatic carbocycles. The van der Waals surface area contributed by atoms with Gasteiger partial charge in [-0.3, -0.25) is 0 Å². The first-order chi connectivity index (χ1) is 6.81. The normalized spacial score (nSPS) is 25.9. The lowest BCUT2D eigenvalue weighted by atomic mass is 9.80. The zero-order chi connectivity index (χ0) is 10.4. The van der Waals surface area contributed by atoms with Gasteiger partial charge in [-0.1, -0.05) is 38.3 Å². The van der Waals surface area contributed by atoms with E-state index in [1.54, 1.807) is 0 Å². The van der Waals surface area contributed by atoms with Crippen molar-refractivity contribution in [1.82, 2.24) is 0 Å². The first-order valence-corrected chi connectivity index (χ1v) is 6.02. The van der Waals surface area contributed by atoms with E-state index in [9.17, 15) is 0 Å². The van der Waals surface area contributed by atoms with Gasteiger partial charge in [0.05, 0.1) is 5.71 Å². The van der Waals surface area contributed by atoms with Crippen molar-refractivity contribution < 1.29 is 5.21 Å². The molecule has 0 aliphatic heterocycles. The van der Waals surface area contributed by atoms with Crippen molar-refractivity contribution >= 4 is 5.71 Å². The van der Waals surface area contributed by atoms with Gasteiger partial charge in [-0.25, -0.2) is 0 Å². The summed E-state index contributed by atoms with van der Waals surface area (Å²) >= 11 is 0. The first-order valence-electron chi connectivity index (χ1n) is 6.02. The molecule has 1 unspecified atom stereocenters. The van der Waals surface area contributed by atoms with Crippen molar-refractivity contribution in [3.05, 3.63) is 0 Å². The lowest BCUT2D eigenvalue weighted by molar-refractivity contribution is 0.300. The van der Waals surface area contributed by atoms with Crippen molar-refractivity contribution in [2.24, 2.45) is 17.0 Å². The summed E-state index contributed by atoms with van der Waals surface area (Å²) in [6, 6.07) is 0. The molecule has 1 fully saturated rings. The summed E-state index contributed by atoms with van der Waals surface area (Å²) in [5, 5.41) is 12.4. The van der Waals surface area contributed by atoms with Gasteiger partial charge in [-0.05, 0) is 31.6 Å². The highest BCUT2D eigenvalue weighted by molar-refractivity contribution is 5.86. The smallest absolute Gasteiger partial charge is 0.0601 e. The van der Waals surface area contributed by atoms with Crippen LogP contribution in [0, 0.1) is 11.8 Å². The SMILES string of the molecule is CCC(CC)CC1CCCCC1=NO. The molecule has 0 bridgehead atoms. The molecule has 2 heteroatoms. The van der Waals surface area contributed by atoms with Gasteiger partial charge >= 0.3 is 0 Å². The summed E-state index contributed by atoms with van der Waals surface area (Å²) in [6.45, 7) is 4.51. The predicted octanol–water partition coefficient (Wildman–Crippen LogP) is 3.83. The summed E-state index contributed by atoms with van der Waals surface area (Å²) in [5.74, 6) is 1.38. The number of nitrogens with zero attached hydrogens (tertiary/aromatic N) is 1. The molecule has 82 valence electrons. The van der Waals surface area contributed by atoms with Crippen molar-refractivity contribution in [1.29, 1.82) is 0 Å². The molecule has 1 rings (SSSR count). The van der Waals surface area contributed by atoms with Gasteiger partial charge in [0.2, 0.25) is 0 Å². The second-order valence-electron chi connectivity index (χ2n) is 4.45. The second-order valence-corrected chi connectivity index (χ2v) is 4.45. The topological polar surface area (TPSA) is 32.6 Å². The summed E-state index contributed by atoms with van der Waals surface area (Å²) in [5.41, 5.74) is 1.06. The Morgan fingerprint density at radius 1 is 1.36 bits per heavy atom. The van der Waals surface area contributed by atoms with E-state index in [0.717, 1.165) is 18.1 Å². The number of rotatable bonds is 4. The third kappa shape index (κ3) is 3.00. The molecular formula is C12H23NO. The number of hydrogen-bond acceptors (Lipinski definition) is 2. The van der Waals surface area contributed by atoms with Crippen LogP contribution in [0.5, 0.6) is 0 Å². The van der Waals surface area contributed by atoms with Crippen molar-refractivity contribution in [2.45, 2.75) is 58.8 Å². The van der Waals surface area contributed by atoms with Crippen LogP contribution in [-0.4, -0.2) is 10.9 Å². The van der Waals surface area contributed by atoms with Crippen LogP contribution < -0.4 is 0 Å². The van der Waals surface area contributed by atoms with Crippen LogP contribution in [0.4, 0.5) is 0 Å². The minimum absolute atomic E-state index is 0.568. The Kier molecular flexibility index (Phi) is 4.99. The molecule has 0 amide bonds. The summed E-state index contributed by atoms with van der Waals surface area (Å²) in [6.07, 6.45) is 8.50. The molecule has 0 radical (unpaired) electrons. The molecule has 0 saturated heterocycles. The summed E-state index contributed by atoms with van der Waals surface area (Å²) in [4.78, 5) is 0. The maximum atomic E-state index is 8.91. The van der Waals surface area contributed by atoms with Crippen LogP contribution in [0.15, 0.2) is 5.16 Å². The van der Waals surface area contributed by atoms with Crippen LogP contribution >= 0.6 is 0 Å². The maximum Gasteiger partial charge on any atom is 0.0601 e. The van der Waals surface area contributed by atoms with E-state index in [4.69, 9.17) is 5.21 Å². The van der Waals surface area contributed by atoms with Crippen LogP contribution in [0.1, 0.15) is 58.8 Å². The number of oxime groups is 1. The van der Waals surface area contributed by atoms with E-state index in [1.807, 2.05) is 0 Å². The molecule has 0 aromatic rings. The highest BCUT2D eigenvalue weighted by Crippen LogP contribution is 2.29. The van der Waals surface area contributed by atoms with Crippen LogP contribution in [-0.2, 0) is 0 Å². The van der Waals surface area contributed by atoms with Crippen molar-refractivity contribution in [3.8, 4) is 0 Å². The maximum absolute atomic E-state index is 8.91. The Labute approximate surface area is 87.4 Å². The van der Waals surface area contributed by atoms with Crippen molar-refractivity contribution in [3.63, 3.8) is 0 Å². The Morgan fingerprint density at radius 2 is 2.07 bits per heavy atom. The Hall–Kier alpha value is -0.530. The van der Waals surface area contributed by atoms with Gasteiger partial charge in [0.1, 0.15) is 0 Å². The minimum Gasteiger partial charge on any atom is -0.411 e. The standard InChI is InChI=1S/C12H23NO/c1-3-10(4-2)9-11-7-5-6-8-12(11)13-14/h10-11,14H,3-9H2,1-2H3. The van der Waals surface area contributed by atoms with Gasteiger partial charge < -0.3 is 5.21 Å². The lowest BCUT2D eigenvalue weighted by Gasteiger charge is -2.26. The van der Waals surface area contributed by atoms with Gasteiger partial charge in [0.25, 0.3) is 0 Å². The van der Waals surface area contributed by atoms with Crippen LogP contribution in [0.25, 0.3) is 0 Å². The summed E-state index contributed by atoms with van der Waals surface area (Å²) < 4.78 is 0. The van der Waals surface area contributed by atoms with E-state index < -0.39 is 0 Å². The van der Waals surface area contributed by atoms with Gasteiger partial charge in [-0.15, -0.1) is 0 Å². The first kappa shape index (κ1) is 11.5. The molecule has 2 nitrogen and oxygen atoms in total. The highest BCUT2D eigenvalue weighted by Gasteiger charge is 2.23. The minimum atomic E-state index is 0.568.